The summed E-state index contributed by atoms with van der Waals surface area (Å²) in [5.74, 6) is -4.77. The molecule has 0 amide bonds. The highest BCUT2D eigenvalue weighted by Crippen LogP contribution is 2.36. The standard InChI is InChI=1S/C15H19F3N2O.2ClH/c1-2-3-4-11(20-7-5-19-6-8-20)13-12(21)9-10(16)14(17)15(13)18;;/h2,9,11,19,21H,1,3-8H2;2*1H/t11-;;/m0../s1. The lowest BCUT2D eigenvalue weighted by molar-refractivity contribution is 0.159. The van der Waals surface area contributed by atoms with Crippen molar-refractivity contribution < 1.29 is 18.3 Å². The number of halogens is 5. The van der Waals surface area contributed by atoms with Crippen molar-refractivity contribution in [2.45, 2.75) is 18.9 Å². The Hall–Kier alpha value is -0.950. The van der Waals surface area contributed by atoms with E-state index < -0.39 is 29.2 Å². The zero-order valence-electron chi connectivity index (χ0n) is 12.5. The Kier molecular flexibility index (Phi) is 9.61. The van der Waals surface area contributed by atoms with Gasteiger partial charge in [0.05, 0.1) is 0 Å². The summed E-state index contributed by atoms with van der Waals surface area (Å²) in [7, 11) is 0. The molecule has 1 aliphatic heterocycles. The third kappa shape index (κ3) is 5.01. The molecule has 3 nitrogen and oxygen atoms in total. The number of hydrogen-bond acceptors (Lipinski definition) is 3. The summed E-state index contributed by atoms with van der Waals surface area (Å²) in [4.78, 5) is 1.97. The molecule has 2 N–H and O–H groups in total. The molecule has 8 heteroatoms. The van der Waals surface area contributed by atoms with Crippen LogP contribution in [0.3, 0.4) is 0 Å². The van der Waals surface area contributed by atoms with Gasteiger partial charge in [0.15, 0.2) is 17.5 Å². The smallest absolute Gasteiger partial charge is 0.195 e. The van der Waals surface area contributed by atoms with Crippen molar-refractivity contribution in [2.24, 2.45) is 0 Å². The van der Waals surface area contributed by atoms with Crippen LogP contribution in [0.1, 0.15) is 24.4 Å². The van der Waals surface area contributed by atoms with Gasteiger partial charge in [0.2, 0.25) is 0 Å². The second-order valence-corrected chi connectivity index (χ2v) is 5.09. The van der Waals surface area contributed by atoms with Crippen LogP contribution in [0.5, 0.6) is 5.75 Å². The maximum Gasteiger partial charge on any atom is 0.195 e. The Morgan fingerprint density at radius 2 is 1.83 bits per heavy atom. The van der Waals surface area contributed by atoms with Crippen molar-refractivity contribution in [1.29, 1.82) is 0 Å². The summed E-state index contributed by atoms with van der Waals surface area (Å²) in [5, 5.41) is 13.1. The second-order valence-electron chi connectivity index (χ2n) is 5.09. The van der Waals surface area contributed by atoms with Crippen LogP contribution in [0.25, 0.3) is 0 Å². The molecule has 1 aromatic carbocycles. The molecule has 1 atom stereocenters. The Labute approximate surface area is 146 Å². The average molecular weight is 373 g/mol. The molecule has 0 radical (unpaired) electrons. The molecule has 0 aliphatic carbocycles. The summed E-state index contributed by atoms with van der Waals surface area (Å²) in [6.45, 7) is 6.40. The number of nitrogens with one attached hydrogen (secondary N) is 1. The molecule has 132 valence electrons. The Balaban J connectivity index is 0.00000242. The van der Waals surface area contributed by atoms with Crippen LogP contribution in [0.4, 0.5) is 13.2 Å². The maximum absolute atomic E-state index is 14.1. The molecule has 1 aliphatic rings. The highest BCUT2D eigenvalue weighted by Gasteiger charge is 2.29. The van der Waals surface area contributed by atoms with Crippen LogP contribution in [-0.4, -0.2) is 36.2 Å². The van der Waals surface area contributed by atoms with Gasteiger partial charge in [0.25, 0.3) is 0 Å². The lowest BCUT2D eigenvalue weighted by atomic mass is 9.97. The highest BCUT2D eigenvalue weighted by atomic mass is 35.5. The first-order valence-electron chi connectivity index (χ1n) is 6.98. The topological polar surface area (TPSA) is 35.5 Å². The van der Waals surface area contributed by atoms with Gasteiger partial charge in [0.1, 0.15) is 5.75 Å². The van der Waals surface area contributed by atoms with Gasteiger partial charge >= 0.3 is 0 Å². The van der Waals surface area contributed by atoms with Crippen LogP contribution in [0.2, 0.25) is 0 Å². The Morgan fingerprint density at radius 3 is 2.39 bits per heavy atom. The predicted molar refractivity (Wildman–Crippen MR) is 89.1 cm³/mol. The van der Waals surface area contributed by atoms with Crippen molar-refractivity contribution in [1.82, 2.24) is 10.2 Å². The Bertz CT molecular complexity index is 526. The first-order chi connectivity index (χ1) is 10.1. The summed E-state index contributed by atoms with van der Waals surface area (Å²) in [6, 6.07) is 0.136. The molecule has 2 rings (SSSR count). The molecule has 0 unspecified atom stereocenters. The maximum atomic E-state index is 14.1. The first-order valence-corrected chi connectivity index (χ1v) is 6.98. The van der Waals surface area contributed by atoms with Gasteiger partial charge in [-0.2, -0.15) is 0 Å². The lowest BCUT2D eigenvalue weighted by Gasteiger charge is -2.35. The largest absolute Gasteiger partial charge is 0.507 e. The predicted octanol–water partition coefficient (Wildman–Crippen LogP) is 3.57. The lowest BCUT2D eigenvalue weighted by Crippen LogP contribution is -2.45. The molecule has 0 spiro atoms. The monoisotopic (exact) mass is 372 g/mol. The molecule has 0 bridgehead atoms. The number of piperazine rings is 1. The summed E-state index contributed by atoms with van der Waals surface area (Å²) in [5.41, 5.74) is -0.169. The van der Waals surface area contributed by atoms with Crippen LogP contribution < -0.4 is 5.32 Å². The molecule has 0 aromatic heterocycles. The van der Waals surface area contributed by atoms with Gasteiger partial charge in [-0.1, -0.05) is 6.08 Å². The summed E-state index contributed by atoms with van der Waals surface area (Å²) < 4.78 is 40.8. The van der Waals surface area contributed by atoms with Gasteiger partial charge in [-0.3, -0.25) is 4.90 Å². The zero-order valence-corrected chi connectivity index (χ0v) is 14.2. The number of rotatable bonds is 5. The molecule has 23 heavy (non-hydrogen) atoms. The first kappa shape index (κ1) is 22.1. The van der Waals surface area contributed by atoms with Gasteiger partial charge in [-0.25, -0.2) is 13.2 Å². The fourth-order valence-electron chi connectivity index (χ4n) is 2.69. The quantitative estimate of drug-likeness (QED) is 0.612. The van der Waals surface area contributed by atoms with Crippen molar-refractivity contribution in [3.05, 3.63) is 41.7 Å². The molecule has 1 saturated heterocycles. The minimum absolute atomic E-state index is 0. The van der Waals surface area contributed by atoms with E-state index in [0.717, 1.165) is 13.1 Å². The molecular formula is C15H21Cl2F3N2O. The van der Waals surface area contributed by atoms with Crippen molar-refractivity contribution >= 4 is 24.8 Å². The molecule has 1 heterocycles. The van der Waals surface area contributed by atoms with E-state index >= 15 is 0 Å². The third-order valence-electron chi connectivity index (χ3n) is 3.75. The zero-order chi connectivity index (χ0) is 15.4. The highest BCUT2D eigenvalue weighted by molar-refractivity contribution is 5.85. The Morgan fingerprint density at radius 1 is 1.22 bits per heavy atom. The fourth-order valence-corrected chi connectivity index (χ4v) is 2.69. The van der Waals surface area contributed by atoms with E-state index in [1.54, 1.807) is 6.08 Å². The van der Waals surface area contributed by atoms with Gasteiger partial charge < -0.3 is 10.4 Å². The van der Waals surface area contributed by atoms with Crippen LogP contribution in [0.15, 0.2) is 18.7 Å². The van der Waals surface area contributed by atoms with E-state index in [4.69, 9.17) is 0 Å². The fraction of sp³-hybridized carbons (Fsp3) is 0.467. The van der Waals surface area contributed by atoms with E-state index in [1.165, 1.54) is 0 Å². The van der Waals surface area contributed by atoms with E-state index in [9.17, 15) is 18.3 Å². The van der Waals surface area contributed by atoms with E-state index in [0.29, 0.717) is 32.0 Å². The SMILES string of the molecule is C=CCC[C@@H](c1c(O)cc(F)c(F)c1F)N1CCNCC1.Cl.Cl. The normalized spacial score (nSPS) is 16.1. The third-order valence-corrected chi connectivity index (χ3v) is 3.75. The summed E-state index contributed by atoms with van der Waals surface area (Å²) in [6.07, 6.45) is 2.76. The molecular weight excluding hydrogens is 352 g/mol. The number of benzene rings is 1. The summed E-state index contributed by atoms with van der Waals surface area (Å²) >= 11 is 0. The molecule has 0 saturated carbocycles. The second kappa shape index (κ2) is 10.0. The van der Waals surface area contributed by atoms with Crippen molar-refractivity contribution in [3.8, 4) is 5.75 Å². The molecule has 1 fully saturated rings. The van der Waals surface area contributed by atoms with Crippen molar-refractivity contribution in [2.75, 3.05) is 26.2 Å². The average Bonchev–Trinajstić information content (AvgIpc) is 2.49. The van der Waals surface area contributed by atoms with Gasteiger partial charge in [0, 0.05) is 43.9 Å². The number of nitrogens with zero attached hydrogens (tertiary/aromatic N) is 1. The van der Waals surface area contributed by atoms with Crippen LogP contribution in [0, 0.1) is 17.5 Å². The van der Waals surface area contributed by atoms with Crippen molar-refractivity contribution in [3.63, 3.8) is 0 Å². The number of aromatic hydroxyl groups is 1. The number of hydrogen-bond donors (Lipinski definition) is 2. The van der Waals surface area contributed by atoms with Gasteiger partial charge in [-0.05, 0) is 12.8 Å². The van der Waals surface area contributed by atoms with E-state index in [1.807, 2.05) is 4.90 Å². The van der Waals surface area contributed by atoms with Crippen LogP contribution >= 0.6 is 24.8 Å². The number of phenolic OH excluding ortho intramolecular Hbond substituents is 1. The van der Waals surface area contributed by atoms with E-state index in [2.05, 4.69) is 11.9 Å². The number of phenols is 1. The van der Waals surface area contributed by atoms with Crippen LogP contribution in [-0.2, 0) is 0 Å². The van der Waals surface area contributed by atoms with Gasteiger partial charge in [-0.15, -0.1) is 31.4 Å². The minimum Gasteiger partial charge on any atom is -0.507 e. The number of allylic oxidation sites excluding steroid dienone is 1. The molecule has 1 aromatic rings. The minimum atomic E-state index is -1.54. The van der Waals surface area contributed by atoms with E-state index in [-0.39, 0.29) is 30.4 Å².